The summed E-state index contributed by atoms with van der Waals surface area (Å²) in [5, 5.41) is 6.43. The molecule has 2 N–H and O–H groups in total. The van der Waals surface area contributed by atoms with Crippen molar-refractivity contribution in [2.45, 2.75) is 33.2 Å². The number of halogens is 2. The molecule has 1 aromatic carbocycles. The van der Waals surface area contributed by atoms with Crippen molar-refractivity contribution in [3.05, 3.63) is 35.6 Å². The Labute approximate surface area is 186 Å². The second-order valence-corrected chi connectivity index (χ2v) is 6.49. The van der Waals surface area contributed by atoms with Gasteiger partial charge in [0.2, 0.25) is 5.91 Å². The van der Waals surface area contributed by atoms with Crippen molar-refractivity contribution in [1.82, 2.24) is 20.4 Å². The van der Waals surface area contributed by atoms with Crippen LogP contribution in [0, 0.1) is 5.82 Å². The van der Waals surface area contributed by atoms with Crippen molar-refractivity contribution in [2.75, 3.05) is 46.8 Å². The van der Waals surface area contributed by atoms with E-state index in [0.29, 0.717) is 25.5 Å². The number of carbonyl (C=O) groups excluding carboxylic acids is 1. The molecule has 0 spiro atoms. The lowest BCUT2D eigenvalue weighted by Crippen LogP contribution is -2.40. The largest absolute Gasteiger partial charge is 0.357 e. The Morgan fingerprint density at radius 3 is 2.21 bits per heavy atom. The van der Waals surface area contributed by atoms with Gasteiger partial charge >= 0.3 is 0 Å². The second kappa shape index (κ2) is 14.6. The highest BCUT2D eigenvalue weighted by Gasteiger charge is 2.14. The minimum absolute atomic E-state index is 0. The molecule has 0 bridgehead atoms. The number of aliphatic imine (C=N–C) groups is 1. The zero-order valence-corrected chi connectivity index (χ0v) is 20.0. The molecule has 0 saturated carbocycles. The van der Waals surface area contributed by atoms with Gasteiger partial charge in [0.1, 0.15) is 5.82 Å². The van der Waals surface area contributed by atoms with Gasteiger partial charge in [-0.1, -0.05) is 12.1 Å². The van der Waals surface area contributed by atoms with Gasteiger partial charge in [-0.05, 0) is 52.6 Å². The van der Waals surface area contributed by atoms with Crippen molar-refractivity contribution in [3.63, 3.8) is 0 Å². The molecule has 1 unspecified atom stereocenters. The van der Waals surface area contributed by atoms with Crippen LogP contribution in [0.25, 0.3) is 0 Å². The lowest BCUT2D eigenvalue weighted by Gasteiger charge is -2.24. The molecule has 1 aromatic rings. The lowest BCUT2D eigenvalue weighted by molar-refractivity contribution is -0.130. The average Bonchev–Trinajstić information content (AvgIpc) is 2.64. The van der Waals surface area contributed by atoms with Crippen LogP contribution in [0.15, 0.2) is 29.3 Å². The number of guanidine groups is 1. The molecule has 0 heterocycles. The maximum absolute atomic E-state index is 13.2. The first-order valence-corrected chi connectivity index (χ1v) is 9.64. The predicted octanol–water partition coefficient (Wildman–Crippen LogP) is 2.86. The molecule has 8 heteroatoms. The topological polar surface area (TPSA) is 60.0 Å². The molecule has 0 fully saturated rings. The van der Waals surface area contributed by atoms with Crippen LogP contribution in [0.5, 0.6) is 0 Å². The molecule has 0 radical (unpaired) electrons. The van der Waals surface area contributed by atoms with Gasteiger partial charge in [0.25, 0.3) is 0 Å². The van der Waals surface area contributed by atoms with E-state index < -0.39 is 0 Å². The summed E-state index contributed by atoms with van der Waals surface area (Å²) in [6.45, 7) is 9.22. The molecule has 0 aliphatic heterocycles. The summed E-state index contributed by atoms with van der Waals surface area (Å²) in [6, 6.07) is 6.56. The summed E-state index contributed by atoms with van der Waals surface area (Å²) >= 11 is 0. The van der Waals surface area contributed by atoms with E-state index >= 15 is 0 Å². The van der Waals surface area contributed by atoms with Crippen LogP contribution in [-0.2, 0) is 4.79 Å². The van der Waals surface area contributed by atoms with Gasteiger partial charge in [-0.25, -0.2) is 4.39 Å². The quantitative estimate of drug-likeness (QED) is 0.291. The van der Waals surface area contributed by atoms with Crippen molar-refractivity contribution < 1.29 is 9.18 Å². The fourth-order valence-electron chi connectivity index (χ4n) is 2.79. The summed E-state index contributed by atoms with van der Waals surface area (Å²) in [4.78, 5) is 20.6. The minimum atomic E-state index is -0.243. The Balaban J connectivity index is 0.00000729. The van der Waals surface area contributed by atoms with Crippen LogP contribution in [-0.4, -0.2) is 68.5 Å². The smallest absolute Gasteiger partial charge is 0.224 e. The number of benzene rings is 1. The molecule has 0 aliphatic carbocycles. The van der Waals surface area contributed by atoms with Gasteiger partial charge in [-0.15, -0.1) is 24.0 Å². The van der Waals surface area contributed by atoms with Gasteiger partial charge in [-0.2, -0.15) is 0 Å². The number of rotatable bonds is 10. The van der Waals surface area contributed by atoms with E-state index in [1.54, 1.807) is 12.1 Å². The first-order chi connectivity index (χ1) is 12.9. The monoisotopic (exact) mass is 507 g/mol. The molecular formula is C20H35FIN5O. The zero-order valence-electron chi connectivity index (χ0n) is 17.7. The highest BCUT2D eigenvalue weighted by molar-refractivity contribution is 14.0. The third kappa shape index (κ3) is 9.18. The molecule has 1 rings (SSSR count). The normalized spacial score (nSPS) is 12.3. The molecule has 0 aliphatic rings. The summed E-state index contributed by atoms with van der Waals surface area (Å²) in [7, 11) is 3.96. The van der Waals surface area contributed by atoms with Crippen LogP contribution in [0.3, 0.4) is 0 Å². The van der Waals surface area contributed by atoms with Crippen LogP contribution in [0.1, 0.15) is 38.8 Å². The maximum Gasteiger partial charge on any atom is 0.224 e. The Morgan fingerprint density at radius 1 is 1.11 bits per heavy atom. The first-order valence-electron chi connectivity index (χ1n) is 9.64. The molecule has 28 heavy (non-hydrogen) atoms. The van der Waals surface area contributed by atoms with Gasteiger partial charge < -0.3 is 20.4 Å². The summed E-state index contributed by atoms with van der Waals surface area (Å²) in [5.41, 5.74) is 1.01. The van der Waals surface area contributed by atoms with Crippen molar-refractivity contribution in [3.8, 4) is 0 Å². The van der Waals surface area contributed by atoms with E-state index in [9.17, 15) is 9.18 Å². The number of amides is 1. The van der Waals surface area contributed by atoms with E-state index in [0.717, 1.165) is 25.2 Å². The highest BCUT2D eigenvalue weighted by Crippen LogP contribution is 2.18. The average molecular weight is 507 g/mol. The van der Waals surface area contributed by atoms with E-state index in [2.05, 4.69) is 20.5 Å². The van der Waals surface area contributed by atoms with Crippen LogP contribution in [0.4, 0.5) is 4.39 Å². The Hall–Kier alpha value is -1.42. The summed E-state index contributed by atoms with van der Waals surface area (Å²) in [6.07, 6.45) is 0.432. The predicted molar refractivity (Wildman–Crippen MR) is 125 cm³/mol. The fourth-order valence-corrected chi connectivity index (χ4v) is 2.79. The molecule has 1 atom stereocenters. The second-order valence-electron chi connectivity index (χ2n) is 6.49. The fraction of sp³-hybridized carbons (Fsp3) is 0.600. The molecule has 160 valence electrons. The van der Waals surface area contributed by atoms with Gasteiger partial charge in [-0.3, -0.25) is 9.79 Å². The van der Waals surface area contributed by atoms with Crippen molar-refractivity contribution in [1.29, 1.82) is 0 Å². The van der Waals surface area contributed by atoms with Gasteiger partial charge in [0.15, 0.2) is 5.96 Å². The molecule has 1 amide bonds. The van der Waals surface area contributed by atoms with Crippen LogP contribution >= 0.6 is 24.0 Å². The Bertz CT molecular complexity index is 591. The highest BCUT2D eigenvalue weighted by atomic mass is 127. The number of carbonyl (C=O) groups is 1. The number of hydrogen-bond donors (Lipinski definition) is 2. The molecule has 0 saturated heterocycles. The Morgan fingerprint density at radius 2 is 1.71 bits per heavy atom. The van der Waals surface area contributed by atoms with Crippen LogP contribution in [0.2, 0.25) is 0 Å². The summed E-state index contributed by atoms with van der Waals surface area (Å²) in [5.74, 6) is 0.576. The van der Waals surface area contributed by atoms with E-state index in [-0.39, 0.29) is 41.7 Å². The maximum atomic E-state index is 13.2. The molecular weight excluding hydrogens is 472 g/mol. The minimum Gasteiger partial charge on any atom is -0.357 e. The Kier molecular flexibility index (Phi) is 13.8. The van der Waals surface area contributed by atoms with E-state index in [1.807, 2.05) is 39.8 Å². The van der Waals surface area contributed by atoms with Crippen LogP contribution < -0.4 is 10.6 Å². The number of nitrogens with one attached hydrogen (secondary N) is 2. The zero-order chi connectivity index (χ0) is 20.2. The first kappa shape index (κ1) is 26.6. The van der Waals surface area contributed by atoms with Crippen molar-refractivity contribution >= 4 is 35.8 Å². The number of likely N-dealkylation sites (N-methyl/N-ethyl adjacent to an activating group) is 1. The van der Waals surface area contributed by atoms with E-state index in [1.165, 1.54) is 12.1 Å². The summed E-state index contributed by atoms with van der Waals surface area (Å²) < 4.78 is 13.2. The third-order valence-corrected chi connectivity index (χ3v) is 4.39. The van der Waals surface area contributed by atoms with Gasteiger partial charge in [0, 0.05) is 32.6 Å². The van der Waals surface area contributed by atoms with Crippen molar-refractivity contribution in [2.24, 2.45) is 4.99 Å². The standard InChI is InChI=1S/C20H34FN5O.HI/c1-6-22-20(23-14-13-19(27)26(7-2)8-3)24-15-18(25(4)5)16-9-11-17(21)12-10-16;/h9-12,18H,6-8,13-15H2,1-5H3,(H2,22,23,24);1H. The molecule has 0 aromatic heterocycles. The molecule has 6 nitrogen and oxygen atoms in total. The van der Waals surface area contributed by atoms with E-state index in [4.69, 9.17) is 0 Å². The SMILES string of the molecule is CCNC(=NCC(c1ccc(F)cc1)N(C)C)NCCC(=O)N(CC)CC.I. The lowest BCUT2D eigenvalue weighted by atomic mass is 10.1. The number of hydrogen-bond acceptors (Lipinski definition) is 3. The van der Waals surface area contributed by atoms with Gasteiger partial charge in [0.05, 0.1) is 12.6 Å². The number of nitrogens with zero attached hydrogens (tertiary/aromatic N) is 3. The third-order valence-electron chi connectivity index (χ3n) is 4.39.